The number of amides is 1. The molecule has 1 aromatic rings. The quantitative estimate of drug-likeness (QED) is 0.887. The van der Waals surface area contributed by atoms with Crippen molar-refractivity contribution in [1.82, 2.24) is 0 Å². The van der Waals surface area contributed by atoms with Gasteiger partial charge in [-0.15, -0.1) is 0 Å². The Balaban J connectivity index is 2.34. The summed E-state index contributed by atoms with van der Waals surface area (Å²) in [7, 11) is 0. The Hall–Kier alpha value is -1.56. The highest BCUT2D eigenvalue weighted by Crippen LogP contribution is 2.30. The molecular weight excluding hydrogens is 312 g/mol. The standard InChI is InChI=1S/C13H15BrN2O3/c14-9-4-1-5-10(11(9)12(15)17)16-6-2-3-8(7-16)13(18)19/h1,4-5,8H,2-3,6-7H2,(H2,15,17)(H,18,19). The second-order valence-corrected chi connectivity index (χ2v) is 5.48. The van der Waals surface area contributed by atoms with Crippen molar-refractivity contribution in [3.05, 3.63) is 28.2 Å². The molecule has 0 aliphatic carbocycles. The summed E-state index contributed by atoms with van der Waals surface area (Å²) in [5.41, 5.74) is 6.52. The maximum Gasteiger partial charge on any atom is 0.308 e. The molecule has 3 N–H and O–H groups in total. The number of hydrogen-bond donors (Lipinski definition) is 2. The number of carboxylic acid groups (broad SMARTS) is 1. The van der Waals surface area contributed by atoms with Crippen LogP contribution in [0.25, 0.3) is 0 Å². The average Bonchev–Trinajstić information content (AvgIpc) is 2.38. The normalized spacial score (nSPS) is 19.2. The number of benzene rings is 1. The molecule has 1 fully saturated rings. The molecule has 102 valence electrons. The lowest BCUT2D eigenvalue weighted by molar-refractivity contribution is -0.141. The van der Waals surface area contributed by atoms with Gasteiger partial charge in [-0.1, -0.05) is 6.07 Å². The van der Waals surface area contributed by atoms with E-state index in [0.29, 0.717) is 28.7 Å². The van der Waals surface area contributed by atoms with Gasteiger partial charge in [0.2, 0.25) is 0 Å². The van der Waals surface area contributed by atoms with Gasteiger partial charge in [0, 0.05) is 17.6 Å². The van der Waals surface area contributed by atoms with Crippen LogP contribution in [0.3, 0.4) is 0 Å². The largest absolute Gasteiger partial charge is 0.481 e. The van der Waals surface area contributed by atoms with E-state index in [1.807, 2.05) is 11.0 Å². The third kappa shape index (κ3) is 2.89. The highest BCUT2D eigenvalue weighted by molar-refractivity contribution is 9.10. The van der Waals surface area contributed by atoms with Crippen molar-refractivity contribution in [2.24, 2.45) is 11.7 Å². The zero-order chi connectivity index (χ0) is 14.0. The maximum atomic E-state index is 11.5. The number of halogens is 1. The van der Waals surface area contributed by atoms with Crippen LogP contribution in [0, 0.1) is 5.92 Å². The molecule has 1 aliphatic rings. The van der Waals surface area contributed by atoms with E-state index in [0.717, 1.165) is 13.0 Å². The Labute approximate surface area is 119 Å². The van der Waals surface area contributed by atoms with E-state index in [-0.39, 0.29) is 0 Å². The topological polar surface area (TPSA) is 83.6 Å². The number of carboxylic acids is 1. The van der Waals surface area contributed by atoms with Gasteiger partial charge in [0.15, 0.2) is 0 Å². The first-order valence-electron chi connectivity index (χ1n) is 6.06. The number of carbonyl (C=O) groups is 2. The Morgan fingerprint density at radius 2 is 2.16 bits per heavy atom. The first kappa shape index (κ1) is 13.9. The van der Waals surface area contributed by atoms with Crippen LogP contribution in [0.5, 0.6) is 0 Å². The lowest BCUT2D eigenvalue weighted by atomic mass is 9.97. The molecule has 1 aliphatic heterocycles. The number of piperidine rings is 1. The summed E-state index contributed by atoms with van der Waals surface area (Å²) in [4.78, 5) is 24.6. The molecule has 1 atom stereocenters. The summed E-state index contributed by atoms with van der Waals surface area (Å²) < 4.78 is 0.634. The van der Waals surface area contributed by atoms with E-state index < -0.39 is 17.8 Å². The molecule has 5 nitrogen and oxygen atoms in total. The fraction of sp³-hybridized carbons (Fsp3) is 0.385. The molecule has 19 heavy (non-hydrogen) atoms. The highest BCUT2D eigenvalue weighted by atomic mass is 79.9. The zero-order valence-corrected chi connectivity index (χ0v) is 11.9. The van der Waals surface area contributed by atoms with Gasteiger partial charge in [0.05, 0.1) is 17.2 Å². The first-order chi connectivity index (χ1) is 9.00. The second-order valence-electron chi connectivity index (χ2n) is 4.62. The number of rotatable bonds is 3. The predicted molar refractivity (Wildman–Crippen MR) is 75.2 cm³/mol. The molecule has 1 unspecified atom stereocenters. The van der Waals surface area contributed by atoms with Gasteiger partial charge in [-0.3, -0.25) is 9.59 Å². The van der Waals surface area contributed by atoms with Gasteiger partial charge in [-0.25, -0.2) is 0 Å². The van der Waals surface area contributed by atoms with Crippen LogP contribution in [0.2, 0.25) is 0 Å². The van der Waals surface area contributed by atoms with Gasteiger partial charge < -0.3 is 15.7 Å². The van der Waals surface area contributed by atoms with E-state index in [1.54, 1.807) is 12.1 Å². The van der Waals surface area contributed by atoms with Gasteiger partial charge in [0.1, 0.15) is 0 Å². The summed E-state index contributed by atoms with van der Waals surface area (Å²) >= 11 is 3.31. The third-order valence-electron chi connectivity index (χ3n) is 3.35. The summed E-state index contributed by atoms with van der Waals surface area (Å²) in [6.07, 6.45) is 1.47. The number of carbonyl (C=O) groups excluding carboxylic acids is 1. The van der Waals surface area contributed by atoms with Crippen LogP contribution < -0.4 is 10.6 Å². The van der Waals surface area contributed by atoms with E-state index in [2.05, 4.69) is 15.9 Å². The zero-order valence-electron chi connectivity index (χ0n) is 10.3. The number of hydrogen-bond acceptors (Lipinski definition) is 3. The van der Waals surface area contributed by atoms with Crippen LogP contribution in [0.4, 0.5) is 5.69 Å². The van der Waals surface area contributed by atoms with Crippen molar-refractivity contribution in [3.63, 3.8) is 0 Å². The van der Waals surface area contributed by atoms with E-state index in [9.17, 15) is 9.59 Å². The Morgan fingerprint density at radius 3 is 2.79 bits per heavy atom. The lowest BCUT2D eigenvalue weighted by Crippen LogP contribution is -2.39. The fourth-order valence-corrected chi connectivity index (χ4v) is 2.97. The van der Waals surface area contributed by atoms with Crippen LogP contribution in [-0.4, -0.2) is 30.1 Å². The minimum absolute atomic E-state index is 0.395. The van der Waals surface area contributed by atoms with Crippen molar-refractivity contribution >= 4 is 33.5 Å². The number of aliphatic carboxylic acids is 1. The molecule has 0 spiro atoms. The number of anilines is 1. The maximum absolute atomic E-state index is 11.5. The predicted octanol–water partition coefficient (Wildman–Crippen LogP) is 1.85. The van der Waals surface area contributed by atoms with Gasteiger partial charge in [0.25, 0.3) is 5.91 Å². The minimum atomic E-state index is -0.791. The van der Waals surface area contributed by atoms with Crippen LogP contribution in [0.15, 0.2) is 22.7 Å². The van der Waals surface area contributed by atoms with E-state index >= 15 is 0 Å². The highest BCUT2D eigenvalue weighted by Gasteiger charge is 2.27. The van der Waals surface area contributed by atoms with Crippen LogP contribution >= 0.6 is 15.9 Å². The monoisotopic (exact) mass is 326 g/mol. The molecule has 6 heteroatoms. The third-order valence-corrected chi connectivity index (χ3v) is 4.01. The fourth-order valence-electron chi connectivity index (χ4n) is 2.42. The molecule has 1 heterocycles. The minimum Gasteiger partial charge on any atom is -0.481 e. The smallest absolute Gasteiger partial charge is 0.308 e. The molecule has 0 radical (unpaired) electrons. The molecule has 0 saturated carbocycles. The van der Waals surface area contributed by atoms with E-state index in [1.165, 1.54) is 0 Å². The molecule has 1 amide bonds. The number of nitrogens with two attached hydrogens (primary N) is 1. The molecule has 0 bridgehead atoms. The van der Waals surface area contributed by atoms with Crippen molar-refractivity contribution in [2.45, 2.75) is 12.8 Å². The molecular formula is C13H15BrN2O3. The molecule has 0 aromatic heterocycles. The molecule has 2 rings (SSSR count). The summed E-state index contributed by atoms with van der Waals surface area (Å²) in [6, 6.07) is 5.37. The van der Waals surface area contributed by atoms with Crippen molar-refractivity contribution in [1.29, 1.82) is 0 Å². The lowest BCUT2D eigenvalue weighted by Gasteiger charge is -2.33. The second kappa shape index (κ2) is 5.61. The Morgan fingerprint density at radius 1 is 1.42 bits per heavy atom. The van der Waals surface area contributed by atoms with Gasteiger partial charge in [-0.05, 0) is 40.9 Å². The number of nitrogens with zero attached hydrogens (tertiary/aromatic N) is 1. The SMILES string of the molecule is NC(=O)c1c(Br)cccc1N1CCCC(C(=O)O)C1. The van der Waals surface area contributed by atoms with Crippen molar-refractivity contribution in [3.8, 4) is 0 Å². The van der Waals surface area contributed by atoms with Crippen molar-refractivity contribution in [2.75, 3.05) is 18.0 Å². The van der Waals surface area contributed by atoms with Crippen molar-refractivity contribution < 1.29 is 14.7 Å². The molecule has 1 aromatic carbocycles. The van der Waals surface area contributed by atoms with Gasteiger partial charge >= 0.3 is 5.97 Å². The first-order valence-corrected chi connectivity index (χ1v) is 6.86. The summed E-state index contributed by atoms with van der Waals surface area (Å²) in [5, 5.41) is 9.11. The number of primary amides is 1. The average molecular weight is 327 g/mol. The van der Waals surface area contributed by atoms with E-state index in [4.69, 9.17) is 10.8 Å². The summed E-state index contributed by atoms with van der Waals surface area (Å²) in [6.45, 7) is 1.15. The molecule has 1 saturated heterocycles. The van der Waals surface area contributed by atoms with Gasteiger partial charge in [-0.2, -0.15) is 0 Å². The Kier molecular flexibility index (Phi) is 4.09. The summed E-state index contributed by atoms with van der Waals surface area (Å²) in [5.74, 6) is -1.70. The Bertz CT molecular complexity index is 519. The van der Waals surface area contributed by atoms with Crippen LogP contribution in [-0.2, 0) is 4.79 Å². The van der Waals surface area contributed by atoms with Crippen LogP contribution in [0.1, 0.15) is 23.2 Å².